The number of nitrogens with zero attached hydrogens (tertiary/aromatic N) is 4. The summed E-state index contributed by atoms with van der Waals surface area (Å²) in [7, 11) is 0. The fourth-order valence-electron chi connectivity index (χ4n) is 1.21. The molecule has 84 valence electrons. The van der Waals surface area contributed by atoms with Gasteiger partial charge in [0.2, 0.25) is 5.82 Å². The molecular formula is C10H13N5O. The maximum atomic E-state index is 5.03. The molecule has 1 N–H and O–H groups in total. The molecule has 6 heteroatoms. The maximum Gasteiger partial charge on any atom is 0.321 e. The summed E-state index contributed by atoms with van der Waals surface area (Å²) >= 11 is 0. The van der Waals surface area contributed by atoms with Crippen LogP contribution in [-0.2, 0) is 0 Å². The van der Waals surface area contributed by atoms with Gasteiger partial charge in [-0.25, -0.2) is 9.97 Å². The molecule has 2 heterocycles. The Morgan fingerprint density at radius 3 is 3.00 bits per heavy atom. The van der Waals surface area contributed by atoms with Gasteiger partial charge in [0.25, 0.3) is 0 Å². The van der Waals surface area contributed by atoms with Crippen molar-refractivity contribution in [3.05, 3.63) is 18.1 Å². The van der Waals surface area contributed by atoms with Gasteiger partial charge in [-0.2, -0.15) is 4.98 Å². The standard InChI is InChI=1S/C10H13N5O/c1-3-5-12-10-14-9(15-16-10)8-4-6-11-7(2)13-8/h4,6H,3,5H2,1-2H3,(H,12,14,15). The first-order valence-electron chi connectivity index (χ1n) is 5.17. The number of hydrogen-bond donors (Lipinski definition) is 1. The van der Waals surface area contributed by atoms with E-state index in [0.717, 1.165) is 13.0 Å². The van der Waals surface area contributed by atoms with Gasteiger partial charge in [0.1, 0.15) is 11.5 Å². The molecule has 0 atom stereocenters. The highest BCUT2D eigenvalue weighted by molar-refractivity contribution is 5.48. The van der Waals surface area contributed by atoms with Gasteiger partial charge in [0, 0.05) is 12.7 Å². The molecule has 0 radical (unpaired) electrons. The third-order valence-electron chi connectivity index (χ3n) is 1.96. The lowest BCUT2D eigenvalue weighted by molar-refractivity contribution is 0.432. The van der Waals surface area contributed by atoms with E-state index in [2.05, 4.69) is 32.3 Å². The normalized spacial score (nSPS) is 10.4. The largest absolute Gasteiger partial charge is 0.338 e. The van der Waals surface area contributed by atoms with Gasteiger partial charge in [-0.1, -0.05) is 12.1 Å². The lowest BCUT2D eigenvalue weighted by Crippen LogP contribution is -1.99. The van der Waals surface area contributed by atoms with E-state index in [-0.39, 0.29) is 0 Å². The average Bonchev–Trinajstić information content (AvgIpc) is 2.75. The molecule has 0 unspecified atom stereocenters. The SMILES string of the molecule is CCCNc1nc(-c2ccnc(C)n2)no1. The van der Waals surface area contributed by atoms with E-state index in [1.807, 2.05) is 6.92 Å². The summed E-state index contributed by atoms with van der Waals surface area (Å²) < 4.78 is 5.03. The second-order valence-corrected chi connectivity index (χ2v) is 3.34. The molecule has 0 aliphatic rings. The lowest BCUT2D eigenvalue weighted by atomic mass is 10.4. The Morgan fingerprint density at radius 2 is 2.25 bits per heavy atom. The molecule has 0 fully saturated rings. The number of aromatic nitrogens is 4. The molecule has 0 amide bonds. The Labute approximate surface area is 93.1 Å². The first-order chi connectivity index (χ1) is 7.79. The van der Waals surface area contributed by atoms with Gasteiger partial charge < -0.3 is 9.84 Å². The van der Waals surface area contributed by atoms with Crippen LogP contribution in [-0.4, -0.2) is 26.7 Å². The molecule has 0 spiro atoms. The minimum Gasteiger partial charge on any atom is -0.338 e. The minimum absolute atomic E-state index is 0.424. The first kappa shape index (κ1) is 10.5. The van der Waals surface area contributed by atoms with E-state index >= 15 is 0 Å². The highest BCUT2D eigenvalue weighted by atomic mass is 16.5. The van der Waals surface area contributed by atoms with Crippen molar-refractivity contribution < 1.29 is 4.52 Å². The topological polar surface area (TPSA) is 76.7 Å². The van der Waals surface area contributed by atoms with Gasteiger partial charge >= 0.3 is 6.01 Å². The van der Waals surface area contributed by atoms with Gasteiger partial charge in [-0.3, -0.25) is 0 Å². The highest BCUT2D eigenvalue weighted by Crippen LogP contribution is 2.14. The second-order valence-electron chi connectivity index (χ2n) is 3.34. The molecule has 2 aromatic heterocycles. The van der Waals surface area contributed by atoms with Crippen molar-refractivity contribution in [3.8, 4) is 11.5 Å². The van der Waals surface area contributed by atoms with E-state index in [1.54, 1.807) is 12.3 Å². The predicted octanol–water partition coefficient (Wildman–Crippen LogP) is 1.66. The summed E-state index contributed by atoms with van der Waals surface area (Å²) in [4.78, 5) is 12.4. The van der Waals surface area contributed by atoms with E-state index < -0.39 is 0 Å². The molecular weight excluding hydrogens is 206 g/mol. The van der Waals surface area contributed by atoms with E-state index in [9.17, 15) is 0 Å². The van der Waals surface area contributed by atoms with Gasteiger partial charge in [-0.15, -0.1) is 0 Å². The van der Waals surface area contributed by atoms with Crippen LogP contribution < -0.4 is 5.32 Å². The molecule has 0 saturated heterocycles. The average molecular weight is 219 g/mol. The van der Waals surface area contributed by atoms with Crippen LogP contribution in [0.25, 0.3) is 11.5 Å². The second kappa shape index (κ2) is 4.69. The molecule has 0 aliphatic carbocycles. The minimum atomic E-state index is 0.424. The Balaban J connectivity index is 2.18. The van der Waals surface area contributed by atoms with E-state index in [1.165, 1.54) is 0 Å². The van der Waals surface area contributed by atoms with Gasteiger partial charge in [0.15, 0.2) is 0 Å². The summed E-state index contributed by atoms with van der Waals surface area (Å²) in [6, 6.07) is 2.18. The van der Waals surface area contributed by atoms with Crippen LogP contribution in [0.15, 0.2) is 16.8 Å². The summed E-state index contributed by atoms with van der Waals surface area (Å²) in [5, 5.41) is 6.86. The van der Waals surface area contributed by atoms with Crippen molar-refractivity contribution in [2.24, 2.45) is 0 Å². The van der Waals surface area contributed by atoms with E-state index in [4.69, 9.17) is 4.52 Å². The predicted molar refractivity (Wildman–Crippen MR) is 58.8 cm³/mol. The Morgan fingerprint density at radius 1 is 1.38 bits per heavy atom. The first-order valence-corrected chi connectivity index (χ1v) is 5.17. The third kappa shape index (κ3) is 2.33. The van der Waals surface area contributed by atoms with Gasteiger partial charge in [-0.05, 0) is 19.4 Å². The Bertz CT molecular complexity index is 468. The van der Waals surface area contributed by atoms with Crippen LogP contribution in [0.1, 0.15) is 19.2 Å². The summed E-state index contributed by atoms with van der Waals surface area (Å²) in [6.07, 6.45) is 2.68. The smallest absolute Gasteiger partial charge is 0.321 e. The Kier molecular flexibility index (Phi) is 3.09. The van der Waals surface area contributed by atoms with Crippen LogP contribution in [0.3, 0.4) is 0 Å². The monoisotopic (exact) mass is 219 g/mol. The van der Waals surface area contributed by atoms with Crippen LogP contribution in [0.2, 0.25) is 0 Å². The molecule has 2 aromatic rings. The van der Waals surface area contributed by atoms with E-state index in [0.29, 0.717) is 23.4 Å². The maximum absolute atomic E-state index is 5.03. The van der Waals surface area contributed by atoms with Crippen LogP contribution in [0, 0.1) is 6.92 Å². The highest BCUT2D eigenvalue weighted by Gasteiger charge is 2.09. The van der Waals surface area contributed by atoms with Crippen LogP contribution in [0.4, 0.5) is 6.01 Å². The molecule has 0 bridgehead atoms. The van der Waals surface area contributed by atoms with Crippen molar-refractivity contribution >= 4 is 6.01 Å². The molecule has 0 aromatic carbocycles. The summed E-state index contributed by atoms with van der Waals surface area (Å²) in [5.41, 5.74) is 0.667. The number of rotatable bonds is 4. The Hall–Kier alpha value is -1.98. The van der Waals surface area contributed by atoms with Gasteiger partial charge in [0.05, 0.1) is 0 Å². The zero-order chi connectivity index (χ0) is 11.4. The molecule has 6 nitrogen and oxygen atoms in total. The third-order valence-corrected chi connectivity index (χ3v) is 1.96. The molecule has 2 rings (SSSR count). The van der Waals surface area contributed by atoms with Crippen LogP contribution in [0.5, 0.6) is 0 Å². The van der Waals surface area contributed by atoms with Crippen molar-refractivity contribution in [1.29, 1.82) is 0 Å². The summed E-state index contributed by atoms with van der Waals surface area (Å²) in [5.74, 6) is 1.16. The number of anilines is 1. The fraction of sp³-hybridized carbons (Fsp3) is 0.400. The zero-order valence-corrected chi connectivity index (χ0v) is 9.27. The number of aryl methyl sites for hydroxylation is 1. The lowest BCUT2D eigenvalue weighted by Gasteiger charge is -1.95. The van der Waals surface area contributed by atoms with Crippen LogP contribution >= 0.6 is 0 Å². The zero-order valence-electron chi connectivity index (χ0n) is 9.27. The fourth-order valence-corrected chi connectivity index (χ4v) is 1.21. The van der Waals surface area contributed by atoms with Crippen molar-refractivity contribution in [1.82, 2.24) is 20.1 Å². The quantitative estimate of drug-likeness (QED) is 0.842. The number of hydrogen-bond acceptors (Lipinski definition) is 6. The molecule has 0 aliphatic heterocycles. The van der Waals surface area contributed by atoms with Crippen molar-refractivity contribution in [2.75, 3.05) is 11.9 Å². The molecule has 16 heavy (non-hydrogen) atoms. The molecule has 0 saturated carbocycles. The van der Waals surface area contributed by atoms with Crippen molar-refractivity contribution in [2.45, 2.75) is 20.3 Å². The summed E-state index contributed by atoms with van der Waals surface area (Å²) in [6.45, 7) is 4.70. The van der Waals surface area contributed by atoms with Crippen molar-refractivity contribution in [3.63, 3.8) is 0 Å². The number of nitrogens with one attached hydrogen (secondary N) is 1.